The molecule has 0 saturated carbocycles. The fraction of sp³-hybridized carbons (Fsp3) is 0.0769. The summed E-state index contributed by atoms with van der Waals surface area (Å²) in [7, 11) is 1.61. The number of benzene rings is 2. The molecular weight excluding hydrogens is 280 g/mol. The van der Waals surface area contributed by atoms with Crippen molar-refractivity contribution in [1.29, 1.82) is 0 Å². The number of nitrogen functional groups attached to an aromatic ring is 1. The van der Waals surface area contributed by atoms with Gasteiger partial charge in [0.1, 0.15) is 5.75 Å². The molecule has 0 atom stereocenters. The first-order valence-corrected chi connectivity index (χ1v) is 5.95. The molecule has 0 heterocycles. The molecule has 0 aliphatic rings. The number of para-hydroxylation sites is 1. The van der Waals surface area contributed by atoms with Crippen LogP contribution >= 0.6 is 15.9 Å². The van der Waals surface area contributed by atoms with E-state index in [0.717, 1.165) is 15.8 Å². The number of ether oxygens (including phenoxy) is 1. The van der Waals surface area contributed by atoms with Gasteiger partial charge < -0.3 is 15.8 Å². The molecule has 0 spiro atoms. The Bertz CT molecular complexity index is 529. The molecule has 0 aliphatic heterocycles. The van der Waals surface area contributed by atoms with Crippen LogP contribution in [0.4, 0.5) is 17.1 Å². The van der Waals surface area contributed by atoms with Crippen LogP contribution in [0.3, 0.4) is 0 Å². The minimum Gasteiger partial charge on any atom is -0.495 e. The molecule has 3 nitrogen and oxygen atoms in total. The Morgan fingerprint density at radius 2 is 1.94 bits per heavy atom. The number of halogens is 1. The van der Waals surface area contributed by atoms with Crippen LogP contribution in [-0.4, -0.2) is 7.11 Å². The van der Waals surface area contributed by atoms with Gasteiger partial charge in [-0.15, -0.1) is 0 Å². The molecule has 0 aliphatic carbocycles. The van der Waals surface area contributed by atoms with E-state index in [0.29, 0.717) is 11.4 Å². The van der Waals surface area contributed by atoms with Gasteiger partial charge in [0.25, 0.3) is 0 Å². The zero-order valence-electron chi connectivity index (χ0n) is 9.41. The van der Waals surface area contributed by atoms with Crippen LogP contribution in [0.2, 0.25) is 0 Å². The maximum Gasteiger partial charge on any atom is 0.143 e. The smallest absolute Gasteiger partial charge is 0.143 e. The molecule has 0 fully saturated rings. The number of anilines is 3. The molecule has 2 rings (SSSR count). The van der Waals surface area contributed by atoms with E-state index >= 15 is 0 Å². The minimum absolute atomic E-state index is 0.630. The van der Waals surface area contributed by atoms with Gasteiger partial charge in [0.2, 0.25) is 0 Å². The average Bonchev–Trinajstić information content (AvgIpc) is 2.34. The maximum absolute atomic E-state index is 5.76. The van der Waals surface area contributed by atoms with Gasteiger partial charge in [0.15, 0.2) is 0 Å². The predicted octanol–water partition coefficient (Wildman–Crippen LogP) is 3.78. The number of nitrogens with one attached hydrogen (secondary N) is 1. The van der Waals surface area contributed by atoms with Gasteiger partial charge in [-0.25, -0.2) is 0 Å². The second-order valence-corrected chi connectivity index (χ2v) is 4.42. The Kier molecular flexibility index (Phi) is 3.54. The second-order valence-electron chi connectivity index (χ2n) is 3.56. The highest BCUT2D eigenvalue weighted by Crippen LogP contribution is 2.29. The highest BCUT2D eigenvalue weighted by Gasteiger charge is 2.03. The molecule has 4 heteroatoms. The number of methoxy groups -OCH3 is 1. The molecule has 88 valence electrons. The molecule has 3 N–H and O–H groups in total. The fourth-order valence-electron chi connectivity index (χ4n) is 1.51. The third kappa shape index (κ3) is 2.71. The van der Waals surface area contributed by atoms with Crippen LogP contribution in [0.5, 0.6) is 5.75 Å². The molecule has 0 radical (unpaired) electrons. The molecule has 0 saturated heterocycles. The lowest BCUT2D eigenvalue weighted by molar-refractivity contribution is 0.417. The van der Waals surface area contributed by atoms with Crippen LogP contribution in [0.1, 0.15) is 0 Å². The van der Waals surface area contributed by atoms with E-state index in [1.165, 1.54) is 0 Å². The molecule has 0 aromatic heterocycles. The van der Waals surface area contributed by atoms with Crippen molar-refractivity contribution in [3.63, 3.8) is 0 Å². The summed E-state index contributed by atoms with van der Waals surface area (Å²) in [5.41, 5.74) is 8.32. The summed E-state index contributed by atoms with van der Waals surface area (Å²) in [4.78, 5) is 0. The van der Waals surface area contributed by atoms with Crippen LogP contribution in [-0.2, 0) is 0 Å². The van der Waals surface area contributed by atoms with Gasteiger partial charge in [0, 0.05) is 16.2 Å². The van der Waals surface area contributed by atoms with Gasteiger partial charge >= 0.3 is 0 Å². The van der Waals surface area contributed by atoms with Crippen molar-refractivity contribution in [3.8, 4) is 5.75 Å². The summed E-state index contributed by atoms with van der Waals surface area (Å²) in [5.74, 6) is 0.669. The van der Waals surface area contributed by atoms with E-state index in [1.807, 2.05) is 42.5 Å². The van der Waals surface area contributed by atoms with Gasteiger partial charge in [0.05, 0.1) is 18.5 Å². The van der Waals surface area contributed by atoms with Crippen molar-refractivity contribution in [2.75, 3.05) is 18.2 Å². The van der Waals surface area contributed by atoms with Crippen molar-refractivity contribution in [2.24, 2.45) is 0 Å². The summed E-state index contributed by atoms with van der Waals surface area (Å²) >= 11 is 3.49. The van der Waals surface area contributed by atoms with Gasteiger partial charge in [-0.05, 0) is 40.2 Å². The predicted molar refractivity (Wildman–Crippen MR) is 74.8 cm³/mol. The molecule has 0 amide bonds. The number of nitrogens with two attached hydrogens (primary N) is 1. The summed E-state index contributed by atoms with van der Waals surface area (Å²) in [6, 6.07) is 13.5. The molecule has 2 aromatic carbocycles. The Hall–Kier alpha value is -1.68. The Morgan fingerprint density at radius 1 is 1.18 bits per heavy atom. The van der Waals surface area contributed by atoms with E-state index in [-0.39, 0.29) is 0 Å². The lowest BCUT2D eigenvalue weighted by atomic mass is 10.2. The number of hydrogen-bond donors (Lipinski definition) is 2. The van der Waals surface area contributed by atoms with Crippen molar-refractivity contribution >= 4 is 33.0 Å². The van der Waals surface area contributed by atoms with E-state index < -0.39 is 0 Å². The van der Waals surface area contributed by atoms with E-state index in [2.05, 4.69) is 21.2 Å². The SMILES string of the molecule is COc1cc(Nc2ccccc2Br)ccc1N. The van der Waals surface area contributed by atoms with Gasteiger partial charge in [-0.2, -0.15) is 0 Å². The third-order valence-corrected chi connectivity index (χ3v) is 3.08. The summed E-state index contributed by atoms with van der Waals surface area (Å²) in [6.07, 6.45) is 0. The first-order valence-electron chi connectivity index (χ1n) is 5.16. The highest BCUT2D eigenvalue weighted by atomic mass is 79.9. The number of rotatable bonds is 3. The maximum atomic E-state index is 5.76. The van der Waals surface area contributed by atoms with Crippen LogP contribution in [0.15, 0.2) is 46.9 Å². The molecule has 17 heavy (non-hydrogen) atoms. The van der Waals surface area contributed by atoms with Gasteiger partial charge in [-0.3, -0.25) is 0 Å². The topological polar surface area (TPSA) is 47.3 Å². The van der Waals surface area contributed by atoms with Gasteiger partial charge in [-0.1, -0.05) is 12.1 Å². The average molecular weight is 293 g/mol. The van der Waals surface area contributed by atoms with Crippen LogP contribution in [0.25, 0.3) is 0 Å². The highest BCUT2D eigenvalue weighted by molar-refractivity contribution is 9.10. The lowest BCUT2D eigenvalue weighted by Crippen LogP contribution is -1.95. The van der Waals surface area contributed by atoms with Crippen LogP contribution < -0.4 is 15.8 Å². The van der Waals surface area contributed by atoms with Crippen LogP contribution in [0, 0.1) is 0 Å². The first-order chi connectivity index (χ1) is 8.20. The van der Waals surface area contributed by atoms with E-state index in [9.17, 15) is 0 Å². The second kappa shape index (κ2) is 5.10. The Labute approximate surface area is 109 Å². The lowest BCUT2D eigenvalue weighted by Gasteiger charge is -2.11. The summed E-state index contributed by atoms with van der Waals surface area (Å²) < 4.78 is 6.19. The minimum atomic E-state index is 0.630. The standard InChI is InChI=1S/C13H13BrN2O/c1-17-13-8-9(6-7-11(13)15)16-12-5-3-2-4-10(12)14/h2-8,16H,15H2,1H3. The van der Waals surface area contributed by atoms with Crippen molar-refractivity contribution in [3.05, 3.63) is 46.9 Å². The molecular formula is C13H13BrN2O. The van der Waals surface area contributed by atoms with E-state index in [4.69, 9.17) is 10.5 Å². The van der Waals surface area contributed by atoms with Crippen molar-refractivity contribution < 1.29 is 4.74 Å². The summed E-state index contributed by atoms with van der Waals surface area (Å²) in [5, 5.41) is 3.29. The molecule has 2 aromatic rings. The third-order valence-electron chi connectivity index (χ3n) is 2.39. The van der Waals surface area contributed by atoms with Crippen molar-refractivity contribution in [2.45, 2.75) is 0 Å². The van der Waals surface area contributed by atoms with E-state index in [1.54, 1.807) is 7.11 Å². The fourth-order valence-corrected chi connectivity index (χ4v) is 1.89. The Morgan fingerprint density at radius 3 is 2.65 bits per heavy atom. The quantitative estimate of drug-likeness (QED) is 0.847. The monoisotopic (exact) mass is 292 g/mol. The molecule has 0 bridgehead atoms. The summed E-state index contributed by atoms with van der Waals surface area (Å²) in [6.45, 7) is 0. The first kappa shape index (κ1) is 11.8. The molecule has 0 unspecified atom stereocenters. The largest absolute Gasteiger partial charge is 0.495 e. The number of hydrogen-bond acceptors (Lipinski definition) is 3. The normalized spacial score (nSPS) is 10.0. The zero-order chi connectivity index (χ0) is 12.3. The Balaban J connectivity index is 2.28. The zero-order valence-corrected chi connectivity index (χ0v) is 11.0. The van der Waals surface area contributed by atoms with Crippen molar-refractivity contribution in [1.82, 2.24) is 0 Å².